The molecule has 0 heterocycles. The highest BCUT2D eigenvalue weighted by atomic mass is 16.7. The molecule has 9 heteroatoms. The summed E-state index contributed by atoms with van der Waals surface area (Å²) in [6, 6.07) is 0. The van der Waals surface area contributed by atoms with E-state index in [9.17, 15) is 19.2 Å². The first kappa shape index (κ1) is 25.8. The molecule has 0 saturated heterocycles. The van der Waals surface area contributed by atoms with E-state index in [-0.39, 0.29) is 6.61 Å². The fourth-order valence-corrected chi connectivity index (χ4v) is 1.86. The van der Waals surface area contributed by atoms with Gasteiger partial charge in [-0.3, -0.25) is 0 Å². The van der Waals surface area contributed by atoms with Gasteiger partial charge in [-0.05, 0) is 6.42 Å². The lowest BCUT2D eigenvalue weighted by Gasteiger charge is -2.37. The molecule has 0 aliphatic carbocycles. The molecule has 160 valence electrons. The van der Waals surface area contributed by atoms with Gasteiger partial charge in [0.1, 0.15) is 25.2 Å². The van der Waals surface area contributed by atoms with Gasteiger partial charge in [0.25, 0.3) is 0 Å². The van der Waals surface area contributed by atoms with Gasteiger partial charge in [0.05, 0.1) is 6.61 Å². The Bertz CT molecular complexity index is 576. The summed E-state index contributed by atoms with van der Waals surface area (Å²) in [5.41, 5.74) is -1.59. The van der Waals surface area contributed by atoms with Gasteiger partial charge in [0, 0.05) is 24.3 Å². The Balaban J connectivity index is 6.05. The fraction of sp³-hybridized carbons (Fsp3) is 0.400. The summed E-state index contributed by atoms with van der Waals surface area (Å²) >= 11 is 0. The highest BCUT2D eigenvalue weighted by Crippen LogP contribution is 2.29. The third-order valence-electron chi connectivity index (χ3n) is 3.37. The van der Waals surface area contributed by atoms with E-state index in [1.807, 2.05) is 0 Å². The van der Waals surface area contributed by atoms with Crippen molar-refractivity contribution in [2.45, 2.75) is 19.6 Å². The maximum Gasteiger partial charge on any atom is 0.332 e. The van der Waals surface area contributed by atoms with Crippen molar-refractivity contribution in [3.8, 4) is 0 Å². The molecule has 29 heavy (non-hydrogen) atoms. The molecule has 0 N–H and O–H groups in total. The van der Waals surface area contributed by atoms with Crippen LogP contribution in [0.5, 0.6) is 0 Å². The number of ether oxygens (including phenoxy) is 5. The van der Waals surface area contributed by atoms with Crippen molar-refractivity contribution in [2.24, 2.45) is 5.41 Å². The van der Waals surface area contributed by atoms with Gasteiger partial charge >= 0.3 is 23.9 Å². The van der Waals surface area contributed by atoms with E-state index in [2.05, 4.69) is 26.3 Å². The molecule has 0 amide bonds. The quantitative estimate of drug-likeness (QED) is 0.172. The Kier molecular flexibility index (Phi) is 12.4. The molecular formula is C20H26O9. The largest absolute Gasteiger partial charge is 0.461 e. The first-order chi connectivity index (χ1) is 13.8. The first-order valence-corrected chi connectivity index (χ1v) is 8.60. The molecule has 0 aromatic rings. The SMILES string of the molecule is C=CC(=O)OCC(COC(=O)C=C)(COC(=O)C=C)C(OCCC)OC(=O)C=C. The smallest absolute Gasteiger partial charge is 0.332 e. The molecule has 9 nitrogen and oxygen atoms in total. The van der Waals surface area contributed by atoms with Crippen molar-refractivity contribution < 1.29 is 42.9 Å². The molecule has 1 atom stereocenters. The van der Waals surface area contributed by atoms with Crippen LogP contribution in [0.15, 0.2) is 50.6 Å². The number of hydrogen-bond donors (Lipinski definition) is 0. The zero-order valence-electron chi connectivity index (χ0n) is 16.4. The standard InChI is InChI=1S/C20H26O9/c1-6-11-25-19(29-18(24)10-5)20(12-26-15(21)7-2,13-27-16(22)8-3)14-28-17(23)9-4/h7-10,19H,2-6,11-14H2,1H3. The fourth-order valence-electron chi connectivity index (χ4n) is 1.86. The molecule has 0 aliphatic rings. The van der Waals surface area contributed by atoms with Gasteiger partial charge < -0.3 is 23.7 Å². The van der Waals surface area contributed by atoms with E-state index < -0.39 is 55.4 Å². The number of carbonyl (C=O) groups excluding carboxylic acids is 4. The third-order valence-corrected chi connectivity index (χ3v) is 3.37. The maximum absolute atomic E-state index is 11.8. The van der Waals surface area contributed by atoms with E-state index in [1.54, 1.807) is 6.92 Å². The summed E-state index contributed by atoms with van der Waals surface area (Å²) in [7, 11) is 0. The molecule has 0 aliphatic heterocycles. The first-order valence-electron chi connectivity index (χ1n) is 8.60. The summed E-state index contributed by atoms with van der Waals surface area (Å²) in [6.45, 7) is 13.6. The van der Waals surface area contributed by atoms with Crippen LogP contribution in [0.3, 0.4) is 0 Å². The predicted octanol–water partition coefficient (Wildman–Crippen LogP) is 1.64. The van der Waals surface area contributed by atoms with Crippen LogP contribution in [0.1, 0.15) is 13.3 Å². The van der Waals surface area contributed by atoms with Crippen molar-refractivity contribution in [3.63, 3.8) is 0 Å². The lowest BCUT2D eigenvalue weighted by Crippen LogP contribution is -2.51. The van der Waals surface area contributed by atoms with Gasteiger partial charge in [-0.15, -0.1) is 0 Å². The van der Waals surface area contributed by atoms with Gasteiger partial charge in [0.15, 0.2) is 0 Å². The second-order valence-corrected chi connectivity index (χ2v) is 5.64. The van der Waals surface area contributed by atoms with E-state index in [0.717, 1.165) is 24.3 Å². The van der Waals surface area contributed by atoms with Crippen molar-refractivity contribution in [2.75, 3.05) is 26.4 Å². The Morgan fingerprint density at radius 3 is 1.45 bits per heavy atom. The highest BCUT2D eigenvalue weighted by molar-refractivity contribution is 5.82. The summed E-state index contributed by atoms with van der Waals surface area (Å²) < 4.78 is 26.0. The Morgan fingerprint density at radius 2 is 1.14 bits per heavy atom. The third kappa shape index (κ3) is 9.52. The van der Waals surface area contributed by atoms with Crippen molar-refractivity contribution in [1.29, 1.82) is 0 Å². The summed E-state index contributed by atoms with van der Waals surface area (Å²) in [5.74, 6) is -3.26. The topological polar surface area (TPSA) is 114 Å². The lowest BCUT2D eigenvalue weighted by atomic mass is 9.89. The molecule has 0 fully saturated rings. The van der Waals surface area contributed by atoms with Crippen LogP contribution in [0.2, 0.25) is 0 Å². The van der Waals surface area contributed by atoms with Gasteiger partial charge in [-0.1, -0.05) is 33.2 Å². The Labute approximate surface area is 169 Å². The molecular weight excluding hydrogens is 384 g/mol. The van der Waals surface area contributed by atoms with Crippen LogP contribution < -0.4 is 0 Å². The maximum atomic E-state index is 11.8. The van der Waals surface area contributed by atoms with Crippen molar-refractivity contribution in [3.05, 3.63) is 50.6 Å². The number of esters is 4. The van der Waals surface area contributed by atoms with Gasteiger partial charge in [-0.25, -0.2) is 19.2 Å². The van der Waals surface area contributed by atoms with E-state index in [4.69, 9.17) is 23.7 Å². The van der Waals surface area contributed by atoms with Crippen molar-refractivity contribution >= 4 is 23.9 Å². The number of rotatable bonds is 15. The highest BCUT2D eigenvalue weighted by Gasteiger charge is 2.47. The van der Waals surface area contributed by atoms with Crippen LogP contribution in [0, 0.1) is 5.41 Å². The zero-order chi connectivity index (χ0) is 22.3. The minimum atomic E-state index is -1.59. The molecule has 0 rings (SSSR count). The predicted molar refractivity (Wildman–Crippen MR) is 102 cm³/mol. The Hall–Kier alpha value is -3.20. The van der Waals surface area contributed by atoms with Crippen LogP contribution in [0.25, 0.3) is 0 Å². The molecule has 0 aromatic heterocycles. The van der Waals surface area contributed by atoms with E-state index >= 15 is 0 Å². The normalized spacial score (nSPS) is 11.3. The molecule has 0 saturated carbocycles. The molecule has 0 bridgehead atoms. The van der Waals surface area contributed by atoms with Gasteiger partial charge in [0.2, 0.25) is 6.29 Å². The van der Waals surface area contributed by atoms with Crippen LogP contribution in [0.4, 0.5) is 0 Å². The lowest BCUT2D eigenvalue weighted by molar-refractivity contribution is -0.236. The van der Waals surface area contributed by atoms with Gasteiger partial charge in [-0.2, -0.15) is 0 Å². The van der Waals surface area contributed by atoms with E-state index in [0.29, 0.717) is 6.42 Å². The average molecular weight is 410 g/mol. The summed E-state index contributed by atoms with van der Waals surface area (Å²) in [6.07, 6.45) is 2.76. The molecule has 0 spiro atoms. The second-order valence-electron chi connectivity index (χ2n) is 5.64. The average Bonchev–Trinajstić information content (AvgIpc) is 2.75. The number of carbonyl (C=O) groups is 4. The Morgan fingerprint density at radius 1 is 0.759 bits per heavy atom. The van der Waals surface area contributed by atoms with E-state index in [1.165, 1.54) is 0 Å². The number of hydrogen-bond acceptors (Lipinski definition) is 9. The van der Waals surface area contributed by atoms with Crippen LogP contribution in [-0.2, 0) is 42.9 Å². The summed E-state index contributed by atoms with van der Waals surface area (Å²) in [5, 5.41) is 0. The molecule has 0 aromatic carbocycles. The zero-order valence-corrected chi connectivity index (χ0v) is 16.4. The summed E-state index contributed by atoms with van der Waals surface area (Å²) in [4.78, 5) is 46.7. The minimum absolute atomic E-state index is 0.136. The molecule has 0 radical (unpaired) electrons. The van der Waals surface area contributed by atoms with Crippen LogP contribution in [-0.4, -0.2) is 56.6 Å². The van der Waals surface area contributed by atoms with Crippen LogP contribution >= 0.6 is 0 Å². The molecule has 1 unspecified atom stereocenters. The monoisotopic (exact) mass is 410 g/mol. The minimum Gasteiger partial charge on any atom is -0.461 e. The van der Waals surface area contributed by atoms with Crippen molar-refractivity contribution in [1.82, 2.24) is 0 Å². The second kappa shape index (κ2) is 13.9.